The summed E-state index contributed by atoms with van der Waals surface area (Å²) in [6, 6.07) is 0.784. The third kappa shape index (κ3) is 2.22. The van der Waals surface area contributed by atoms with E-state index in [1.807, 2.05) is 0 Å². The summed E-state index contributed by atoms with van der Waals surface area (Å²) >= 11 is 5.66. The molecule has 1 N–H and O–H groups in total. The Balaban J connectivity index is 2.26. The van der Waals surface area contributed by atoms with Crippen LogP contribution in [0.3, 0.4) is 0 Å². The minimum atomic E-state index is -2.80. The summed E-state index contributed by atoms with van der Waals surface area (Å²) in [5, 5.41) is 9.24. The zero-order valence-corrected chi connectivity index (χ0v) is 9.03. The standard InChI is InChI=1S/C9H10ClF2N3O/c10-7-1-8(14-5-13-7)15-4-9(11,12)2-6(15)3-16/h1,5-6,16H,2-4H2/t6-/m1/s1. The lowest BCUT2D eigenvalue weighted by atomic mass is 10.2. The lowest BCUT2D eigenvalue weighted by Crippen LogP contribution is -2.33. The molecule has 2 heterocycles. The number of nitrogens with zero attached hydrogens (tertiary/aromatic N) is 3. The van der Waals surface area contributed by atoms with Crippen molar-refractivity contribution in [2.45, 2.75) is 18.4 Å². The molecule has 0 amide bonds. The van der Waals surface area contributed by atoms with Crippen LogP contribution in [0.5, 0.6) is 0 Å². The normalized spacial score (nSPS) is 23.8. The molecule has 1 aromatic heterocycles. The van der Waals surface area contributed by atoms with Crippen molar-refractivity contribution in [3.63, 3.8) is 0 Å². The molecule has 1 aliphatic rings. The molecule has 0 aliphatic carbocycles. The first-order valence-electron chi connectivity index (χ1n) is 4.75. The summed E-state index contributed by atoms with van der Waals surface area (Å²) in [4.78, 5) is 8.90. The Kier molecular flexibility index (Phi) is 2.94. The molecule has 0 bridgehead atoms. The van der Waals surface area contributed by atoms with Gasteiger partial charge in [0.25, 0.3) is 5.92 Å². The largest absolute Gasteiger partial charge is 0.394 e. The van der Waals surface area contributed by atoms with Gasteiger partial charge in [-0.3, -0.25) is 0 Å². The smallest absolute Gasteiger partial charge is 0.267 e. The molecule has 0 radical (unpaired) electrons. The van der Waals surface area contributed by atoms with E-state index < -0.39 is 18.5 Å². The SMILES string of the molecule is OC[C@H]1CC(F)(F)CN1c1cc(Cl)ncn1. The van der Waals surface area contributed by atoms with E-state index in [4.69, 9.17) is 16.7 Å². The minimum absolute atomic E-state index is 0.192. The molecule has 1 fully saturated rings. The molecule has 1 aromatic rings. The van der Waals surface area contributed by atoms with Crippen molar-refractivity contribution in [1.29, 1.82) is 0 Å². The fourth-order valence-corrected chi connectivity index (χ4v) is 1.95. The topological polar surface area (TPSA) is 49.2 Å². The van der Waals surface area contributed by atoms with Crippen LogP contribution in [0, 0.1) is 0 Å². The summed E-state index contributed by atoms with van der Waals surface area (Å²) in [6.07, 6.45) is 0.841. The van der Waals surface area contributed by atoms with Crippen LogP contribution < -0.4 is 4.90 Å². The maximum atomic E-state index is 13.2. The maximum absolute atomic E-state index is 13.2. The van der Waals surface area contributed by atoms with Gasteiger partial charge in [-0.2, -0.15) is 0 Å². The molecular formula is C9H10ClF2N3O. The third-order valence-corrected chi connectivity index (χ3v) is 2.71. The lowest BCUT2D eigenvalue weighted by molar-refractivity contribution is 0.0201. The minimum Gasteiger partial charge on any atom is -0.394 e. The van der Waals surface area contributed by atoms with Crippen LogP contribution in [0.25, 0.3) is 0 Å². The van der Waals surface area contributed by atoms with E-state index in [9.17, 15) is 8.78 Å². The maximum Gasteiger partial charge on any atom is 0.267 e. The Morgan fingerprint density at radius 3 is 2.94 bits per heavy atom. The predicted octanol–water partition coefficient (Wildman–Crippen LogP) is 1.34. The van der Waals surface area contributed by atoms with Gasteiger partial charge in [-0.25, -0.2) is 18.7 Å². The van der Waals surface area contributed by atoms with Gasteiger partial charge in [-0.1, -0.05) is 11.6 Å². The number of hydrogen-bond donors (Lipinski definition) is 1. The highest BCUT2D eigenvalue weighted by Gasteiger charge is 2.45. The van der Waals surface area contributed by atoms with E-state index in [0.717, 1.165) is 0 Å². The second-order valence-electron chi connectivity index (χ2n) is 3.72. The predicted molar refractivity (Wildman–Crippen MR) is 54.8 cm³/mol. The van der Waals surface area contributed by atoms with Gasteiger partial charge in [0.1, 0.15) is 17.3 Å². The molecule has 1 aliphatic heterocycles. The van der Waals surface area contributed by atoms with E-state index in [-0.39, 0.29) is 18.2 Å². The summed E-state index contributed by atoms with van der Waals surface area (Å²) in [5.41, 5.74) is 0. The summed E-state index contributed by atoms with van der Waals surface area (Å²) in [7, 11) is 0. The van der Waals surface area contributed by atoms with E-state index in [1.54, 1.807) is 0 Å². The Morgan fingerprint density at radius 2 is 2.31 bits per heavy atom. The molecule has 0 spiro atoms. The number of aromatic nitrogens is 2. The first-order valence-corrected chi connectivity index (χ1v) is 5.12. The molecule has 1 saturated heterocycles. The van der Waals surface area contributed by atoms with Crippen LogP contribution >= 0.6 is 11.6 Å². The Bertz CT molecular complexity index is 391. The molecule has 0 unspecified atom stereocenters. The third-order valence-electron chi connectivity index (χ3n) is 2.50. The number of alkyl halides is 2. The van der Waals surface area contributed by atoms with Gasteiger partial charge >= 0.3 is 0 Å². The van der Waals surface area contributed by atoms with Crippen LogP contribution in [0.15, 0.2) is 12.4 Å². The molecule has 7 heteroatoms. The Hall–Kier alpha value is -1.01. The number of anilines is 1. The average molecular weight is 250 g/mol. The highest BCUT2D eigenvalue weighted by molar-refractivity contribution is 6.29. The van der Waals surface area contributed by atoms with E-state index in [2.05, 4.69) is 9.97 Å². The number of aliphatic hydroxyl groups excluding tert-OH is 1. The summed E-state index contributed by atoms with van der Waals surface area (Å²) < 4.78 is 26.4. The van der Waals surface area contributed by atoms with Gasteiger partial charge < -0.3 is 10.0 Å². The van der Waals surface area contributed by atoms with Crippen LogP contribution in [0.4, 0.5) is 14.6 Å². The number of hydrogen-bond acceptors (Lipinski definition) is 4. The Labute approximate surface area is 95.9 Å². The first-order chi connectivity index (χ1) is 7.52. The van der Waals surface area contributed by atoms with Crippen molar-refractivity contribution in [2.24, 2.45) is 0 Å². The van der Waals surface area contributed by atoms with Gasteiger partial charge in [-0.05, 0) is 0 Å². The number of rotatable bonds is 2. The van der Waals surface area contributed by atoms with Crippen LogP contribution in [-0.4, -0.2) is 40.2 Å². The number of aliphatic hydroxyl groups is 1. The van der Waals surface area contributed by atoms with Crippen molar-refractivity contribution in [3.05, 3.63) is 17.5 Å². The van der Waals surface area contributed by atoms with E-state index in [1.165, 1.54) is 17.3 Å². The monoisotopic (exact) mass is 249 g/mol. The molecule has 16 heavy (non-hydrogen) atoms. The Morgan fingerprint density at radius 1 is 1.56 bits per heavy atom. The van der Waals surface area contributed by atoms with Crippen molar-refractivity contribution < 1.29 is 13.9 Å². The summed E-state index contributed by atoms with van der Waals surface area (Å²) in [5.74, 6) is -2.48. The fourth-order valence-electron chi connectivity index (χ4n) is 1.81. The first kappa shape index (κ1) is 11.5. The van der Waals surface area contributed by atoms with Crippen LogP contribution in [0.1, 0.15) is 6.42 Å². The van der Waals surface area contributed by atoms with Crippen molar-refractivity contribution in [2.75, 3.05) is 18.1 Å². The van der Waals surface area contributed by atoms with Gasteiger partial charge in [0, 0.05) is 12.5 Å². The quantitative estimate of drug-likeness (QED) is 0.804. The average Bonchev–Trinajstić information content (AvgIpc) is 2.54. The molecule has 88 valence electrons. The van der Waals surface area contributed by atoms with Crippen LogP contribution in [0.2, 0.25) is 5.15 Å². The highest BCUT2D eigenvalue weighted by atomic mass is 35.5. The molecular weight excluding hydrogens is 240 g/mol. The van der Waals surface area contributed by atoms with Gasteiger partial charge in [0.05, 0.1) is 19.2 Å². The van der Waals surface area contributed by atoms with Gasteiger partial charge in [-0.15, -0.1) is 0 Å². The van der Waals surface area contributed by atoms with Crippen molar-refractivity contribution >= 4 is 17.4 Å². The van der Waals surface area contributed by atoms with E-state index in [0.29, 0.717) is 5.82 Å². The highest BCUT2D eigenvalue weighted by Crippen LogP contribution is 2.34. The van der Waals surface area contributed by atoms with Gasteiger partial charge in [0.15, 0.2) is 0 Å². The van der Waals surface area contributed by atoms with E-state index >= 15 is 0 Å². The molecule has 0 saturated carbocycles. The molecule has 0 aromatic carbocycles. The second kappa shape index (κ2) is 4.10. The number of halogens is 3. The lowest BCUT2D eigenvalue weighted by Gasteiger charge is -2.22. The van der Waals surface area contributed by atoms with Crippen molar-refractivity contribution in [1.82, 2.24) is 9.97 Å². The molecule has 4 nitrogen and oxygen atoms in total. The van der Waals surface area contributed by atoms with Gasteiger partial charge in [0.2, 0.25) is 0 Å². The summed E-state index contributed by atoms with van der Waals surface area (Å²) in [6.45, 7) is -0.789. The zero-order chi connectivity index (χ0) is 11.8. The molecule has 2 rings (SSSR count). The van der Waals surface area contributed by atoms with Crippen molar-refractivity contribution in [3.8, 4) is 0 Å². The fraction of sp³-hybridized carbons (Fsp3) is 0.556. The zero-order valence-electron chi connectivity index (χ0n) is 8.28. The molecule has 1 atom stereocenters. The second-order valence-corrected chi connectivity index (χ2v) is 4.11. The van der Waals surface area contributed by atoms with Crippen LogP contribution in [-0.2, 0) is 0 Å².